The van der Waals surface area contributed by atoms with Crippen molar-refractivity contribution in [3.05, 3.63) is 35.4 Å². The summed E-state index contributed by atoms with van der Waals surface area (Å²) in [6.07, 6.45) is 1.74. The standard InChI is InChI=1S/C14H21N3OS/c1-11(2)13-6-4-12(5-7-13)10-16-17-14(19)15-8-9-18-3/h4-7,10-11H,8-9H2,1-3H3,(H2,15,17,19). The van der Waals surface area contributed by atoms with E-state index in [9.17, 15) is 0 Å². The molecule has 1 aromatic carbocycles. The molecule has 2 N–H and O–H groups in total. The first kappa shape index (κ1) is 15.6. The molecule has 4 nitrogen and oxygen atoms in total. The summed E-state index contributed by atoms with van der Waals surface area (Å²) in [6, 6.07) is 8.31. The van der Waals surface area contributed by atoms with Crippen molar-refractivity contribution in [3.63, 3.8) is 0 Å². The zero-order valence-corrected chi connectivity index (χ0v) is 12.5. The van der Waals surface area contributed by atoms with E-state index >= 15 is 0 Å². The van der Waals surface area contributed by atoms with Crippen molar-refractivity contribution >= 4 is 23.5 Å². The quantitative estimate of drug-likeness (QED) is 0.363. The van der Waals surface area contributed by atoms with Gasteiger partial charge in [0.25, 0.3) is 0 Å². The number of methoxy groups -OCH3 is 1. The SMILES string of the molecule is COCCNC(=S)NN=Cc1ccc(C(C)C)cc1. The lowest BCUT2D eigenvalue weighted by Crippen LogP contribution is -2.34. The minimum absolute atomic E-state index is 0.493. The molecule has 0 spiro atoms. The van der Waals surface area contributed by atoms with E-state index in [1.807, 2.05) is 12.1 Å². The fourth-order valence-electron chi connectivity index (χ4n) is 1.44. The highest BCUT2D eigenvalue weighted by molar-refractivity contribution is 7.80. The van der Waals surface area contributed by atoms with Gasteiger partial charge in [-0.3, -0.25) is 5.43 Å². The number of rotatable bonds is 6. The Morgan fingerprint density at radius 1 is 1.37 bits per heavy atom. The molecule has 19 heavy (non-hydrogen) atoms. The average molecular weight is 279 g/mol. The highest BCUT2D eigenvalue weighted by Gasteiger charge is 1.97. The molecule has 0 heterocycles. The topological polar surface area (TPSA) is 45.6 Å². The molecular formula is C14H21N3OS. The maximum Gasteiger partial charge on any atom is 0.187 e. The minimum atomic E-state index is 0.493. The van der Waals surface area contributed by atoms with Crippen LogP contribution < -0.4 is 10.7 Å². The third-order valence-corrected chi connectivity index (χ3v) is 2.81. The summed E-state index contributed by atoms with van der Waals surface area (Å²) in [4.78, 5) is 0. The second-order valence-electron chi connectivity index (χ2n) is 4.44. The third kappa shape index (κ3) is 6.31. The zero-order chi connectivity index (χ0) is 14.1. The van der Waals surface area contributed by atoms with Crippen LogP contribution in [-0.2, 0) is 4.74 Å². The first-order chi connectivity index (χ1) is 9.13. The van der Waals surface area contributed by atoms with Crippen molar-refractivity contribution < 1.29 is 4.74 Å². The molecule has 5 heteroatoms. The number of hydrazone groups is 1. The Bertz CT molecular complexity index is 415. The molecule has 0 aliphatic rings. The maximum absolute atomic E-state index is 5.05. The Labute approximate surface area is 120 Å². The number of hydrogen-bond donors (Lipinski definition) is 2. The van der Waals surface area contributed by atoms with E-state index in [2.05, 4.69) is 41.8 Å². The second-order valence-corrected chi connectivity index (χ2v) is 4.85. The summed E-state index contributed by atoms with van der Waals surface area (Å²) < 4.78 is 4.91. The molecule has 0 saturated carbocycles. The predicted molar refractivity (Wildman–Crippen MR) is 83.7 cm³/mol. The number of thiocarbonyl (C=S) groups is 1. The molecule has 0 aromatic heterocycles. The molecule has 0 fully saturated rings. The smallest absolute Gasteiger partial charge is 0.187 e. The van der Waals surface area contributed by atoms with Gasteiger partial charge in [0.1, 0.15) is 0 Å². The molecule has 0 bridgehead atoms. The molecular weight excluding hydrogens is 258 g/mol. The van der Waals surface area contributed by atoms with Crippen molar-refractivity contribution in [1.29, 1.82) is 0 Å². The fraction of sp³-hybridized carbons (Fsp3) is 0.429. The number of benzene rings is 1. The monoisotopic (exact) mass is 279 g/mol. The van der Waals surface area contributed by atoms with Crippen LogP contribution in [0.3, 0.4) is 0 Å². The highest BCUT2D eigenvalue weighted by atomic mass is 32.1. The minimum Gasteiger partial charge on any atom is -0.383 e. The predicted octanol–water partition coefficient (Wildman–Crippen LogP) is 2.25. The van der Waals surface area contributed by atoms with Crippen molar-refractivity contribution in [2.24, 2.45) is 5.10 Å². The lowest BCUT2D eigenvalue weighted by molar-refractivity contribution is 0.204. The summed E-state index contributed by atoms with van der Waals surface area (Å²) in [5.41, 5.74) is 5.12. The molecule has 0 amide bonds. The van der Waals surface area contributed by atoms with Gasteiger partial charge in [-0.05, 0) is 29.3 Å². The fourth-order valence-corrected chi connectivity index (χ4v) is 1.59. The Hall–Kier alpha value is -1.46. The van der Waals surface area contributed by atoms with E-state index in [-0.39, 0.29) is 0 Å². The van der Waals surface area contributed by atoms with E-state index in [0.717, 1.165) is 5.56 Å². The number of hydrogen-bond acceptors (Lipinski definition) is 3. The Morgan fingerprint density at radius 3 is 2.63 bits per heavy atom. The summed E-state index contributed by atoms with van der Waals surface area (Å²) in [5, 5.41) is 7.54. The van der Waals surface area contributed by atoms with Crippen molar-refractivity contribution in [1.82, 2.24) is 10.7 Å². The molecule has 0 saturated heterocycles. The summed E-state index contributed by atoms with van der Waals surface area (Å²) in [6.45, 7) is 5.63. The van der Waals surface area contributed by atoms with E-state index in [1.54, 1.807) is 13.3 Å². The summed E-state index contributed by atoms with van der Waals surface area (Å²) >= 11 is 5.05. The van der Waals surface area contributed by atoms with Gasteiger partial charge in [0.2, 0.25) is 0 Å². The van der Waals surface area contributed by atoms with Gasteiger partial charge in [-0.15, -0.1) is 0 Å². The van der Waals surface area contributed by atoms with Gasteiger partial charge in [0, 0.05) is 13.7 Å². The Morgan fingerprint density at radius 2 is 2.05 bits per heavy atom. The summed E-state index contributed by atoms with van der Waals surface area (Å²) in [5.74, 6) is 0.543. The van der Waals surface area contributed by atoms with Crippen molar-refractivity contribution in [3.8, 4) is 0 Å². The summed E-state index contributed by atoms with van der Waals surface area (Å²) in [7, 11) is 1.65. The van der Waals surface area contributed by atoms with E-state index in [0.29, 0.717) is 24.2 Å². The molecule has 0 atom stereocenters. The van der Waals surface area contributed by atoms with Gasteiger partial charge in [-0.2, -0.15) is 5.10 Å². The van der Waals surface area contributed by atoms with Crippen LogP contribution in [0.4, 0.5) is 0 Å². The molecule has 1 rings (SSSR count). The molecule has 0 aliphatic heterocycles. The first-order valence-corrected chi connectivity index (χ1v) is 6.70. The van der Waals surface area contributed by atoms with E-state index in [1.165, 1.54) is 5.56 Å². The third-order valence-electron chi connectivity index (χ3n) is 2.57. The van der Waals surface area contributed by atoms with Crippen molar-refractivity contribution in [2.45, 2.75) is 19.8 Å². The maximum atomic E-state index is 5.05. The lowest BCUT2D eigenvalue weighted by atomic mass is 10.0. The van der Waals surface area contributed by atoms with Crippen LogP contribution in [0.25, 0.3) is 0 Å². The van der Waals surface area contributed by atoms with Gasteiger partial charge in [0.05, 0.1) is 12.8 Å². The van der Waals surface area contributed by atoms with Crippen molar-refractivity contribution in [2.75, 3.05) is 20.3 Å². The van der Waals surface area contributed by atoms with E-state index in [4.69, 9.17) is 17.0 Å². The number of nitrogens with one attached hydrogen (secondary N) is 2. The largest absolute Gasteiger partial charge is 0.383 e. The lowest BCUT2D eigenvalue weighted by Gasteiger charge is -2.06. The van der Waals surface area contributed by atoms with Gasteiger partial charge in [-0.25, -0.2) is 0 Å². The van der Waals surface area contributed by atoms with Gasteiger partial charge in [-0.1, -0.05) is 38.1 Å². The van der Waals surface area contributed by atoms with Crippen LogP contribution in [0.1, 0.15) is 30.9 Å². The molecule has 0 radical (unpaired) electrons. The Balaban J connectivity index is 2.37. The van der Waals surface area contributed by atoms with Crippen LogP contribution in [0.15, 0.2) is 29.4 Å². The van der Waals surface area contributed by atoms with Gasteiger partial charge in [0.15, 0.2) is 5.11 Å². The number of nitrogens with zero attached hydrogens (tertiary/aromatic N) is 1. The first-order valence-electron chi connectivity index (χ1n) is 6.29. The van der Waals surface area contributed by atoms with Crippen LogP contribution in [-0.4, -0.2) is 31.6 Å². The molecule has 0 unspecified atom stereocenters. The molecule has 1 aromatic rings. The van der Waals surface area contributed by atoms with Crippen LogP contribution >= 0.6 is 12.2 Å². The molecule has 104 valence electrons. The van der Waals surface area contributed by atoms with Gasteiger partial charge >= 0.3 is 0 Å². The zero-order valence-electron chi connectivity index (χ0n) is 11.6. The second kappa shape index (κ2) is 8.61. The average Bonchev–Trinajstić information content (AvgIpc) is 2.39. The van der Waals surface area contributed by atoms with Crippen LogP contribution in [0.2, 0.25) is 0 Å². The molecule has 0 aliphatic carbocycles. The van der Waals surface area contributed by atoms with Crippen LogP contribution in [0, 0.1) is 0 Å². The Kier molecular flexibility index (Phi) is 7.07. The normalized spacial score (nSPS) is 10.9. The van der Waals surface area contributed by atoms with Gasteiger partial charge < -0.3 is 10.1 Å². The van der Waals surface area contributed by atoms with Crippen LogP contribution in [0.5, 0.6) is 0 Å². The number of ether oxygens (including phenoxy) is 1. The van der Waals surface area contributed by atoms with E-state index < -0.39 is 0 Å². The highest BCUT2D eigenvalue weighted by Crippen LogP contribution is 2.13.